The zero-order valence-electron chi connectivity index (χ0n) is 25.0. The van der Waals surface area contributed by atoms with E-state index in [4.69, 9.17) is 36.9 Å². The summed E-state index contributed by atoms with van der Waals surface area (Å²) in [7, 11) is 3.17. The van der Waals surface area contributed by atoms with Gasteiger partial charge in [0.05, 0.1) is 25.2 Å². The van der Waals surface area contributed by atoms with Crippen molar-refractivity contribution in [1.82, 2.24) is 4.90 Å². The summed E-state index contributed by atoms with van der Waals surface area (Å²) < 4.78 is 22.0. The van der Waals surface area contributed by atoms with E-state index in [0.29, 0.717) is 18.0 Å². The smallest absolute Gasteiger partial charge is 0.311 e. The molecule has 0 fully saturated rings. The highest BCUT2D eigenvalue weighted by Gasteiger charge is 2.32. The summed E-state index contributed by atoms with van der Waals surface area (Å²) in [6.45, 7) is 15.0. The Kier molecular flexibility index (Phi) is 11.6. The molecule has 7 nitrogen and oxygen atoms in total. The van der Waals surface area contributed by atoms with Crippen LogP contribution < -0.4 is 15.2 Å². The predicted octanol–water partition coefficient (Wildman–Crippen LogP) is 6.38. The van der Waals surface area contributed by atoms with Gasteiger partial charge in [0.2, 0.25) is 0 Å². The summed E-state index contributed by atoms with van der Waals surface area (Å²) in [4.78, 5) is 14.7. The minimum atomic E-state index is -0.589. The van der Waals surface area contributed by atoms with Crippen LogP contribution in [0.3, 0.4) is 0 Å². The second kappa shape index (κ2) is 14.0. The number of nitrogens with two attached hydrogens (primary N) is 1. The van der Waals surface area contributed by atoms with E-state index in [2.05, 4.69) is 52.0 Å². The lowest BCUT2D eigenvalue weighted by Crippen LogP contribution is -2.42. The zero-order chi connectivity index (χ0) is 29.4. The molecule has 0 aliphatic rings. The third kappa shape index (κ3) is 9.11. The van der Waals surface area contributed by atoms with E-state index < -0.39 is 5.41 Å². The van der Waals surface area contributed by atoms with Crippen molar-refractivity contribution in [1.29, 1.82) is 0 Å². The SMILES string of the molecule is CCC(COC(=O)C(C)(C)C)C(c1ccc(C(C)(C)C)cc1)N(Cc1ccc(OCOC)c(OC)c1)C(N)=S. The molecular weight excluding hydrogens is 512 g/mol. The van der Waals surface area contributed by atoms with Gasteiger partial charge in [-0.1, -0.05) is 58.0 Å². The molecule has 2 atom stereocenters. The van der Waals surface area contributed by atoms with E-state index in [-0.39, 0.29) is 41.9 Å². The Labute approximate surface area is 239 Å². The third-order valence-electron chi connectivity index (χ3n) is 6.66. The molecule has 0 amide bonds. The van der Waals surface area contributed by atoms with Gasteiger partial charge in [-0.2, -0.15) is 0 Å². The van der Waals surface area contributed by atoms with Crippen LogP contribution in [0.25, 0.3) is 0 Å². The molecule has 2 aromatic rings. The number of methoxy groups -OCH3 is 2. The zero-order valence-corrected chi connectivity index (χ0v) is 25.8. The second-order valence-corrected chi connectivity index (χ2v) is 12.3. The van der Waals surface area contributed by atoms with E-state index in [9.17, 15) is 4.79 Å². The van der Waals surface area contributed by atoms with Crippen molar-refractivity contribution in [3.8, 4) is 11.5 Å². The standard InChI is InChI=1S/C31H46N2O5S/c1-10-22(19-37-28(34)31(5,6)7)27(23-12-14-24(15-13-23)30(2,3)4)33(29(32)39)18-21-11-16-25(38-20-35-8)26(17-21)36-9/h11-17,22,27H,10,18-20H2,1-9H3,(H2,32,39). The van der Waals surface area contributed by atoms with Crippen molar-refractivity contribution in [3.05, 3.63) is 59.2 Å². The molecule has 2 unspecified atom stereocenters. The Balaban J connectivity index is 2.51. The Bertz CT molecular complexity index is 1090. The van der Waals surface area contributed by atoms with Crippen molar-refractivity contribution in [2.45, 2.75) is 72.9 Å². The summed E-state index contributed by atoms with van der Waals surface area (Å²) in [6, 6.07) is 14.1. The Hall–Kier alpha value is -2.84. The molecule has 0 heterocycles. The topological polar surface area (TPSA) is 83.2 Å². The molecule has 0 aliphatic heterocycles. The number of nitrogens with zero attached hydrogens (tertiary/aromatic N) is 1. The van der Waals surface area contributed by atoms with Crippen LogP contribution in [0.15, 0.2) is 42.5 Å². The quantitative estimate of drug-likeness (QED) is 0.183. The lowest BCUT2D eigenvalue weighted by atomic mass is 9.84. The van der Waals surface area contributed by atoms with E-state index in [1.165, 1.54) is 5.56 Å². The first-order valence-electron chi connectivity index (χ1n) is 13.3. The van der Waals surface area contributed by atoms with Gasteiger partial charge in [-0.15, -0.1) is 0 Å². The monoisotopic (exact) mass is 558 g/mol. The summed E-state index contributed by atoms with van der Waals surface area (Å²) >= 11 is 5.61. The number of rotatable bonds is 12. The molecule has 2 aromatic carbocycles. The fourth-order valence-corrected chi connectivity index (χ4v) is 4.46. The fourth-order valence-electron chi connectivity index (χ4n) is 4.28. The number of benzene rings is 2. The molecule has 0 aliphatic carbocycles. The van der Waals surface area contributed by atoms with Gasteiger partial charge in [-0.25, -0.2) is 0 Å². The Morgan fingerprint density at radius 3 is 2.13 bits per heavy atom. The lowest BCUT2D eigenvalue weighted by molar-refractivity contribution is -0.155. The van der Waals surface area contributed by atoms with Crippen LogP contribution in [-0.4, -0.2) is 43.6 Å². The molecule has 0 radical (unpaired) electrons. The molecular formula is C31H46N2O5S. The van der Waals surface area contributed by atoms with Gasteiger partial charge in [-0.3, -0.25) is 4.79 Å². The molecule has 0 saturated carbocycles. The van der Waals surface area contributed by atoms with Gasteiger partial charge in [0.1, 0.15) is 0 Å². The Morgan fingerprint density at radius 1 is 1.00 bits per heavy atom. The van der Waals surface area contributed by atoms with Crippen LogP contribution in [0.5, 0.6) is 11.5 Å². The summed E-state index contributed by atoms with van der Waals surface area (Å²) in [6.07, 6.45) is 0.759. The molecule has 39 heavy (non-hydrogen) atoms. The van der Waals surface area contributed by atoms with E-state index in [0.717, 1.165) is 17.5 Å². The van der Waals surface area contributed by atoms with E-state index in [1.54, 1.807) is 14.2 Å². The normalized spacial score (nSPS) is 13.4. The maximum absolute atomic E-state index is 12.7. The minimum absolute atomic E-state index is 0.0203. The summed E-state index contributed by atoms with van der Waals surface area (Å²) in [5.41, 5.74) is 9.05. The number of thiocarbonyl (C=S) groups is 1. The average molecular weight is 559 g/mol. The number of esters is 1. The molecule has 2 rings (SSSR count). The first-order valence-corrected chi connectivity index (χ1v) is 13.8. The number of hydrogen-bond donors (Lipinski definition) is 1. The van der Waals surface area contributed by atoms with Crippen molar-refractivity contribution in [2.75, 3.05) is 27.6 Å². The van der Waals surface area contributed by atoms with Gasteiger partial charge in [0.15, 0.2) is 23.4 Å². The number of carbonyl (C=O) groups excluding carboxylic acids is 1. The summed E-state index contributed by atoms with van der Waals surface area (Å²) in [5, 5.41) is 0.263. The van der Waals surface area contributed by atoms with E-state index in [1.807, 2.05) is 43.9 Å². The van der Waals surface area contributed by atoms with Gasteiger partial charge in [0.25, 0.3) is 0 Å². The van der Waals surface area contributed by atoms with Crippen molar-refractivity contribution in [2.24, 2.45) is 17.1 Å². The minimum Gasteiger partial charge on any atom is -0.493 e. The Morgan fingerprint density at radius 2 is 1.64 bits per heavy atom. The fraction of sp³-hybridized carbons (Fsp3) is 0.548. The second-order valence-electron chi connectivity index (χ2n) is 11.8. The molecule has 0 spiro atoms. The lowest BCUT2D eigenvalue weighted by Gasteiger charge is -2.38. The van der Waals surface area contributed by atoms with Gasteiger partial charge >= 0.3 is 5.97 Å². The predicted molar refractivity (Wildman–Crippen MR) is 160 cm³/mol. The highest BCUT2D eigenvalue weighted by molar-refractivity contribution is 7.80. The molecule has 0 saturated heterocycles. The first kappa shape index (κ1) is 32.4. The highest BCUT2D eigenvalue weighted by atomic mass is 32.1. The molecule has 8 heteroatoms. The highest BCUT2D eigenvalue weighted by Crippen LogP contribution is 2.36. The van der Waals surface area contributed by atoms with Crippen LogP contribution >= 0.6 is 12.2 Å². The van der Waals surface area contributed by atoms with Crippen molar-refractivity contribution in [3.63, 3.8) is 0 Å². The average Bonchev–Trinajstić information content (AvgIpc) is 2.87. The molecule has 0 aromatic heterocycles. The van der Waals surface area contributed by atoms with Gasteiger partial charge in [-0.05, 0) is 73.6 Å². The first-order chi connectivity index (χ1) is 18.2. The molecule has 216 valence electrons. The largest absolute Gasteiger partial charge is 0.493 e. The van der Waals surface area contributed by atoms with Crippen LogP contribution in [0.2, 0.25) is 0 Å². The number of ether oxygens (including phenoxy) is 4. The van der Waals surface area contributed by atoms with Crippen molar-refractivity contribution < 1.29 is 23.7 Å². The van der Waals surface area contributed by atoms with E-state index >= 15 is 0 Å². The third-order valence-corrected chi connectivity index (χ3v) is 6.90. The number of carbonyl (C=O) groups is 1. The summed E-state index contributed by atoms with van der Waals surface area (Å²) in [5.74, 6) is 0.884. The van der Waals surface area contributed by atoms with Gasteiger partial charge in [0, 0.05) is 19.6 Å². The van der Waals surface area contributed by atoms with Crippen LogP contribution in [0.4, 0.5) is 0 Å². The van der Waals surface area contributed by atoms with Crippen molar-refractivity contribution >= 4 is 23.3 Å². The van der Waals surface area contributed by atoms with Crippen LogP contribution in [-0.2, 0) is 26.2 Å². The number of hydrogen-bond acceptors (Lipinski definition) is 6. The molecule has 2 N–H and O–H groups in total. The van der Waals surface area contributed by atoms with Gasteiger partial charge < -0.3 is 29.6 Å². The van der Waals surface area contributed by atoms with Crippen LogP contribution in [0.1, 0.15) is 77.6 Å². The maximum Gasteiger partial charge on any atom is 0.311 e. The maximum atomic E-state index is 12.7. The molecule has 0 bridgehead atoms. The van der Waals surface area contributed by atoms with Crippen LogP contribution in [0, 0.1) is 11.3 Å².